The van der Waals surface area contributed by atoms with Gasteiger partial charge in [0.15, 0.2) is 0 Å². The number of halogens is 2. The highest BCUT2D eigenvalue weighted by molar-refractivity contribution is 4.94. The number of hydrazine groups is 1. The van der Waals surface area contributed by atoms with Gasteiger partial charge < -0.3 is 0 Å². The van der Waals surface area contributed by atoms with Crippen molar-refractivity contribution < 1.29 is 8.78 Å². The number of fused-ring (bicyclic) bond motifs is 1. The van der Waals surface area contributed by atoms with E-state index in [2.05, 4.69) is 0 Å². The molecule has 2 N–H and O–H groups in total. The fourth-order valence-corrected chi connectivity index (χ4v) is 2.46. The third-order valence-electron chi connectivity index (χ3n) is 3.10. The summed E-state index contributed by atoms with van der Waals surface area (Å²) in [7, 11) is 0. The van der Waals surface area contributed by atoms with Crippen molar-refractivity contribution in [2.24, 2.45) is 17.7 Å². The van der Waals surface area contributed by atoms with Crippen molar-refractivity contribution in [3.63, 3.8) is 0 Å². The Labute approximate surface area is 70.7 Å². The SMILES string of the molecule is NN1CC2CCCC(F)(F)C2C1. The van der Waals surface area contributed by atoms with Gasteiger partial charge in [-0.15, -0.1) is 0 Å². The van der Waals surface area contributed by atoms with E-state index in [0.29, 0.717) is 19.5 Å². The van der Waals surface area contributed by atoms with Gasteiger partial charge in [-0.25, -0.2) is 13.8 Å². The Hall–Kier alpha value is -0.220. The van der Waals surface area contributed by atoms with E-state index in [1.54, 1.807) is 0 Å². The highest BCUT2D eigenvalue weighted by Crippen LogP contribution is 2.44. The fraction of sp³-hybridized carbons (Fsp3) is 1.00. The van der Waals surface area contributed by atoms with E-state index in [9.17, 15) is 8.78 Å². The quantitative estimate of drug-likeness (QED) is 0.562. The van der Waals surface area contributed by atoms with Crippen molar-refractivity contribution in [1.82, 2.24) is 5.01 Å². The summed E-state index contributed by atoms with van der Waals surface area (Å²) in [6.45, 7) is 1.03. The van der Waals surface area contributed by atoms with E-state index in [1.807, 2.05) is 0 Å². The molecular formula is C8H14F2N2. The van der Waals surface area contributed by atoms with Gasteiger partial charge in [-0.1, -0.05) is 0 Å². The largest absolute Gasteiger partial charge is 0.269 e. The summed E-state index contributed by atoms with van der Waals surface area (Å²) >= 11 is 0. The van der Waals surface area contributed by atoms with Gasteiger partial charge in [0, 0.05) is 25.4 Å². The van der Waals surface area contributed by atoms with Crippen LogP contribution in [0.15, 0.2) is 0 Å². The maximum absolute atomic E-state index is 13.3. The molecule has 2 aliphatic rings. The number of hydrogen-bond acceptors (Lipinski definition) is 2. The van der Waals surface area contributed by atoms with Crippen LogP contribution in [-0.4, -0.2) is 24.0 Å². The Bertz CT molecular complexity index is 184. The molecule has 2 rings (SSSR count). The van der Waals surface area contributed by atoms with Crippen LogP contribution in [-0.2, 0) is 0 Å². The number of nitrogens with zero attached hydrogens (tertiary/aromatic N) is 1. The Morgan fingerprint density at radius 1 is 1.33 bits per heavy atom. The predicted octanol–water partition coefficient (Wildman–Crippen LogP) is 1.23. The number of rotatable bonds is 0. The molecule has 2 nitrogen and oxygen atoms in total. The van der Waals surface area contributed by atoms with E-state index in [-0.39, 0.29) is 12.3 Å². The first-order valence-corrected chi connectivity index (χ1v) is 4.47. The Morgan fingerprint density at radius 3 is 2.75 bits per heavy atom. The van der Waals surface area contributed by atoms with E-state index < -0.39 is 11.8 Å². The van der Waals surface area contributed by atoms with Crippen LogP contribution in [0.3, 0.4) is 0 Å². The van der Waals surface area contributed by atoms with Crippen molar-refractivity contribution in [2.45, 2.75) is 25.2 Å². The lowest BCUT2D eigenvalue weighted by atomic mass is 9.79. The zero-order chi connectivity index (χ0) is 8.77. The van der Waals surface area contributed by atoms with Crippen LogP contribution in [0.5, 0.6) is 0 Å². The van der Waals surface area contributed by atoms with Crippen molar-refractivity contribution in [1.29, 1.82) is 0 Å². The van der Waals surface area contributed by atoms with Gasteiger partial charge in [-0.3, -0.25) is 5.84 Å². The van der Waals surface area contributed by atoms with Crippen LogP contribution < -0.4 is 5.84 Å². The van der Waals surface area contributed by atoms with Gasteiger partial charge in [0.2, 0.25) is 0 Å². The maximum Gasteiger partial charge on any atom is 0.252 e. The Kier molecular flexibility index (Phi) is 1.84. The smallest absolute Gasteiger partial charge is 0.252 e. The minimum atomic E-state index is -2.46. The molecule has 1 aliphatic heterocycles. The lowest BCUT2D eigenvalue weighted by Gasteiger charge is -2.32. The lowest BCUT2D eigenvalue weighted by molar-refractivity contribution is -0.0945. The second kappa shape index (κ2) is 2.64. The fourth-order valence-electron chi connectivity index (χ4n) is 2.46. The first-order chi connectivity index (χ1) is 5.59. The molecule has 0 amide bonds. The molecule has 1 heterocycles. The van der Waals surface area contributed by atoms with Crippen LogP contribution in [0.1, 0.15) is 19.3 Å². The molecule has 1 saturated heterocycles. The molecule has 0 aromatic heterocycles. The summed E-state index contributed by atoms with van der Waals surface area (Å²) in [5.74, 6) is 2.72. The van der Waals surface area contributed by atoms with Gasteiger partial charge in [0.05, 0.1) is 0 Å². The summed E-state index contributed by atoms with van der Waals surface area (Å²) in [5.41, 5.74) is 0. The normalized spacial score (nSPS) is 41.2. The summed E-state index contributed by atoms with van der Waals surface area (Å²) in [4.78, 5) is 0. The lowest BCUT2D eigenvalue weighted by Crippen LogP contribution is -2.38. The number of hydrogen-bond donors (Lipinski definition) is 1. The van der Waals surface area contributed by atoms with E-state index in [1.165, 1.54) is 5.01 Å². The predicted molar refractivity (Wildman–Crippen MR) is 41.5 cm³/mol. The van der Waals surface area contributed by atoms with Gasteiger partial charge in [0.1, 0.15) is 0 Å². The molecule has 2 fully saturated rings. The molecule has 0 bridgehead atoms. The van der Waals surface area contributed by atoms with Crippen molar-refractivity contribution >= 4 is 0 Å². The maximum atomic E-state index is 13.3. The summed E-state index contributed by atoms with van der Waals surface area (Å²) in [5, 5.41) is 1.54. The second-order valence-corrected chi connectivity index (χ2v) is 3.97. The molecule has 0 spiro atoms. The number of nitrogens with two attached hydrogens (primary N) is 1. The van der Waals surface area contributed by atoms with Gasteiger partial charge in [0.25, 0.3) is 5.92 Å². The summed E-state index contributed by atoms with van der Waals surface area (Å²) < 4.78 is 26.5. The average molecular weight is 176 g/mol. The van der Waals surface area contributed by atoms with Crippen molar-refractivity contribution in [3.05, 3.63) is 0 Å². The van der Waals surface area contributed by atoms with E-state index in [0.717, 1.165) is 6.42 Å². The average Bonchev–Trinajstić information content (AvgIpc) is 2.30. The number of alkyl halides is 2. The van der Waals surface area contributed by atoms with E-state index in [4.69, 9.17) is 5.84 Å². The zero-order valence-corrected chi connectivity index (χ0v) is 6.97. The minimum absolute atomic E-state index is 0.0575. The van der Waals surface area contributed by atoms with Gasteiger partial charge in [-0.05, 0) is 18.8 Å². The van der Waals surface area contributed by atoms with Crippen LogP contribution in [0.25, 0.3) is 0 Å². The topological polar surface area (TPSA) is 29.3 Å². The van der Waals surface area contributed by atoms with Crippen molar-refractivity contribution in [2.75, 3.05) is 13.1 Å². The molecule has 0 aromatic carbocycles. The monoisotopic (exact) mass is 176 g/mol. The zero-order valence-electron chi connectivity index (χ0n) is 6.97. The first-order valence-electron chi connectivity index (χ1n) is 4.47. The highest BCUT2D eigenvalue weighted by atomic mass is 19.3. The van der Waals surface area contributed by atoms with E-state index >= 15 is 0 Å². The van der Waals surface area contributed by atoms with Crippen molar-refractivity contribution in [3.8, 4) is 0 Å². The van der Waals surface area contributed by atoms with Crippen LogP contribution in [0, 0.1) is 11.8 Å². The molecule has 2 atom stereocenters. The molecule has 2 unspecified atom stereocenters. The molecule has 70 valence electrons. The third kappa shape index (κ3) is 1.23. The van der Waals surface area contributed by atoms with Crippen LogP contribution >= 0.6 is 0 Å². The second-order valence-electron chi connectivity index (χ2n) is 3.97. The Morgan fingerprint density at radius 2 is 2.08 bits per heavy atom. The molecular weight excluding hydrogens is 162 g/mol. The molecule has 0 radical (unpaired) electrons. The van der Waals surface area contributed by atoms with Crippen LogP contribution in [0.2, 0.25) is 0 Å². The molecule has 12 heavy (non-hydrogen) atoms. The van der Waals surface area contributed by atoms with Gasteiger partial charge in [-0.2, -0.15) is 0 Å². The standard InChI is InChI=1S/C8H14F2N2/c9-8(10)3-1-2-6-4-12(11)5-7(6)8/h6-7H,1-5,11H2. The Balaban J connectivity index is 2.13. The van der Waals surface area contributed by atoms with Crippen LogP contribution in [0.4, 0.5) is 8.78 Å². The minimum Gasteiger partial charge on any atom is -0.269 e. The molecule has 4 heteroatoms. The highest BCUT2D eigenvalue weighted by Gasteiger charge is 2.50. The molecule has 1 aliphatic carbocycles. The molecule has 0 aromatic rings. The molecule has 1 saturated carbocycles. The first kappa shape index (κ1) is 8.38. The van der Waals surface area contributed by atoms with Gasteiger partial charge >= 0.3 is 0 Å². The third-order valence-corrected chi connectivity index (χ3v) is 3.10. The summed E-state index contributed by atoms with van der Waals surface area (Å²) in [6.07, 6.45) is 1.64. The summed E-state index contributed by atoms with van der Waals surface area (Å²) in [6, 6.07) is 0.